The maximum Gasteiger partial charge on any atom is 0.121 e. The van der Waals surface area contributed by atoms with E-state index in [9.17, 15) is 0 Å². The summed E-state index contributed by atoms with van der Waals surface area (Å²) in [5.41, 5.74) is 13.5. The monoisotopic (exact) mass is 307 g/mol. The summed E-state index contributed by atoms with van der Waals surface area (Å²) in [6, 6.07) is 10.9. The zero-order valence-corrected chi connectivity index (χ0v) is 13.5. The summed E-state index contributed by atoms with van der Waals surface area (Å²) in [4.78, 5) is 4.57. The van der Waals surface area contributed by atoms with Gasteiger partial charge in [-0.15, -0.1) is 0 Å². The van der Waals surface area contributed by atoms with E-state index in [0.29, 0.717) is 0 Å². The first kappa shape index (κ1) is 14.3. The standard InChI is InChI=1S/C19H21N3O/c1-12-7-13(3-6-19(12)23-2)10-22-11-21-17-8-14-4-5-16(20)15(14)9-18(17)22/h3,6-9,11,16H,4-5,10,20H2,1-2H3. The van der Waals surface area contributed by atoms with Crippen LogP contribution < -0.4 is 10.5 Å². The van der Waals surface area contributed by atoms with E-state index in [-0.39, 0.29) is 6.04 Å². The molecule has 118 valence electrons. The van der Waals surface area contributed by atoms with Crippen molar-refractivity contribution in [2.24, 2.45) is 5.73 Å². The zero-order valence-electron chi connectivity index (χ0n) is 13.5. The fourth-order valence-electron chi connectivity index (χ4n) is 3.55. The molecular weight excluding hydrogens is 286 g/mol. The van der Waals surface area contributed by atoms with Crippen molar-refractivity contribution in [3.63, 3.8) is 0 Å². The first-order valence-corrected chi connectivity index (χ1v) is 8.02. The summed E-state index contributed by atoms with van der Waals surface area (Å²) in [7, 11) is 1.70. The van der Waals surface area contributed by atoms with Gasteiger partial charge in [-0.1, -0.05) is 12.1 Å². The van der Waals surface area contributed by atoms with Crippen molar-refractivity contribution in [1.29, 1.82) is 0 Å². The molecule has 0 radical (unpaired) electrons. The minimum Gasteiger partial charge on any atom is -0.496 e. The Morgan fingerprint density at radius 3 is 2.96 bits per heavy atom. The summed E-state index contributed by atoms with van der Waals surface area (Å²) >= 11 is 0. The van der Waals surface area contributed by atoms with Gasteiger partial charge in [0, 0.05) is 12.6 Å². The Kier molecular flexibility index (Phi) is 3.34. The molecule has 0 spiro atoms. The first-order valence-electron chi connectivity index (χ1n) is 8.02. The third-order valence-electron chi connectivity index (χ3n) is 4.82. The molecule has 1 aromatic heterocycles. The van der Waals surface area contributed by atoms with Gasteiger partial charge in [-0.05, 0) is 60.2 Å². The van der Waals surface area contributed by atoms with Gasteiger partial charge in [0.15, 0.2) is 0 Å². The van der Waals surface area contributed by atoms with E-state index >= 15 is 0 Å². The molecule has 0 amide bonds. The number of methoxy groups -OCH3 is 1. The highest BCUT2D eigenvalue weighted by molar-refractivity contribution is 5.78. The number of hydrogen-bond donors (Lipinski definition) is 1. The van der Waals surface area contributed by atoms with Gasteiger partial charge in [0.25, 0.3) is 0 Å². The molecule has 0 fully saturated rings. The molecule has 0 saturated carbocycles. The number of nitrogens with zero attached hydrogens (tertiary/aromatic N) is 2. The van der Waals surface area contributed by atoms with Crippen molar-refractivity contribution in [2.45, 2.75) is 32.4 Å². The number of nitrogens with two attached hydrogens (primary N) is 1. The number of imidazole rings is 1. The highest BCUT2D eigenvalue weighted by Crippen LogP contribution is 2.32. The van der Waals surface area contributed by atoms with Crippen LogP contribution in [0.3, 0.4) is 0 Å². The van der Waals surface area contributed by atoms with E-state index in [2.05, 4.69) is 40.7 Å². The zero-order chi connectivity index (χ0) is 16.0. The molecule has 0 saturated heterocycles. The SMILES string of the molecule is COc1ccc(Cn2cnc3cc4c(cc32)C(N)CC4)cc1C. The summed E-state index contributed by atoms with van der Waals surface area (Å²) in [5.74, 6) is 0.924. The Morgan fingerprint density at radius 2 is 2.17 bits per heavy atom. The van der Waals surface area contributed by atoms with E-state index < -0.39 is 0 Å². The Bertz CT molecular complexity index is 882. The number of rotatable bonds is 3. The molecule has 4 rings (SSSR count). The average Bonchev–Trinajstić information content (AvgIpc) is 3.10. The van der Waals surface area contributed by atoms with Crippen LogP contribution in [0.15, 0.2) is 36.7 Å². The molecular formula is C19H21N3O. The molecule has 1 aliphatic carbocycles. The van der Waals surface area contributed by atoms with Crippen LogP contribution in [-0.2, 0) is 13.0 Å². The van der Waals surface area contributed by atoms with Crippen LogP contribution in [0.4, 0.5) is 0 Å². The van der Waals surface area contributed by atoms with Crippen molar-refractivity contribution >= 4 is 11.0 Å². The number of fused-ring (bicyclic) bond motifs is 2. The lowest BCUT2D eigenvalue weighted by atomic mass is 10.1. The minimum atomic E-state index is 0.168. The predicted molar refractivity (Wildman–Crippen MR) is 91.8 cm³/mol. The molecule has 1 unspecified atom stereocenters. The van der Waals surface area contributed by atoms with Crippen LogP contribution in [-0.4, -0.2) is 16.7 Å². The molecule has 23 heavy (non-hydrogen) atoms. The van der Waals surface area contributed by atoms with Gasteiger partial charge in [-0.25, -0.2) is 4.98 Å². The fraction of sp³-hybridized carbons (Fsp3) is 0.316. The lowest BCUT2D eigenvalue weighted by Gasteiger charge is -2.10. The second-order valence-electron chi connectivity index (χ2n) is 6.36. The second kappa shape index (κ2) is 5.39. The van der Waals surface area contributed by atoms with Crippen LogP contribution >= 0.6 is 0 Å². The van der Waals surface area contributed by atoms with Crippen molar-refractivity contribution in [3.05, 3.63) is 58.9 Å². The molecule has 2 aromatic carbocycles. The van der Waals surface area contributed by atoms with E-state index in [1.54, 1.807) is 7.11 Å². The fourth-order valence-corrected chi connectivity index (χ4v) is 3.55. The summed E-state index contributed by atoms with van der Waals surface area (Å²) in [5, 5.41) is 0. The third kappa shape index (κ3) is 2.39. The van der Waals surface area contributed by atoms with Crippen molar-refractivity contribution < 1.29 is 4.74 Å². The molecule has 3 aromatic rings. The quantitative estimate of drug-likeness (QED) is 0.807. The van der Waals surface area contributed by atoms with Gasteiger partial charge < -0.3 is 15.0 Å². The molecule has 0 aliphatic heterocycles. The summed E-state index contributed by atoms with van der Waals surface area (Å²) in [6.45, 7) is 2.87. The maximum atomic E-state index is 6.22. The number of hydrogen-bond acceptors (Lipinski definition) is 3. The third-order valence-corrected chi connectivity index (χ3v) is 4.82. The van der Waals surface area contributed by atoms with Crippen molar-refractivity contribution in [2.75, 3.05) is 7.11 Å². The lowest BCUT2D eigenvalue weighted by Crippen LogP contribution is -2.05. The predicted octanol–water partition coefficient (Wildman–Crippen LogP) is 3.35. The molecule has 1 heterocycles. The van der Waals surface area contributed by atoms with Gasteiger partial charge in [0.1, 0.15) is 5.75 Å². The largest absolute Gasteiger partial charge is 0.496 e. The summed E-state index contributed by atoms with van der Waals surface area (Å²) < 4.78 is 7.53. The van der Waals surface area contributed by atoms with E-state index in [0.717, 1.165) is 41.7 Å². The van der Waals surface area contributed by atoms with Gasteiger partial charge in [0.2, 0.25) is 0 Å². The van der Waals surface area contributed by atoms with E-state index in [1.165, 1.54) is 16.7 Å². The Labute approximate surface area is 135 Å². The number of ether oxygens (including phenoxy) is 1. The average molecular weight is 307 g/mol. The Morgan fingerprint density at radius 1 is 1.30 bits per heavy atom. The lowest BCUT2D eigenvalue weighted by molar-refractivity contribution is 0.411. The van der Waals surface area contributed by atoms with Crippen LogP contribution in [0.5, 0.6) is 5.75 Å². The van der Waals surface area contributed by atoms with Crippen molar-refractivity contribution in [1.82, 2.24) is 9.55 Å². The summed E-state index contributed by atoms with van der Waals surface area (Å²) in [6.07, 6.45) is 4.03. The molecule has 0 bridgehead atoms. The molecule has 4 nitrogen and oxygen atoms in total. The minimum absolute atomic E-state index is 0.168. The topological polar surface area (TPSA) is 53.1 Å². The number of aryl methyl sites for hydroxylation is 2. The molecule has 1 aliphatic rings. The smallest absolute Gasteiger partial charge is 0.121 e. The van der Waals surface area contributed by atoms with Crippen LogP contribution in [0.25, 0.3) is 11.0 Å². The van der Waals surface area contributed by atoms with Gasteiger partial charge in [-0.3, -0.25) is 0 Å². The number of benzene rings is 2. The highest BCUT2D eigenvalue weighted by atomic mass is 16.5. The number of aromatic nitrogens is 2. The van der Waals surface area contributed by atoms with Crippen LogP contribution in [0, 0.1) is 6.92 Å². The Hall–Kier alpha value is -2.33. The van der Waals surface area contributed by atoms with Gasteiger partial charge >= 0.3 is 0 Å². The van der Waals surface area contributed by atoms with E-state index in [4.69, 9.17) is 10.5 Å². The molecule has 1 atom stereocenters. The molecule has 2 N–H and O–H groups in total. The highest BCUT2D eigenvalue weighted by Gasteiger charge is 2.20. The van der Waals surface area contributed by atoms with Gasteiger partial charge in [-0.2, -0.15) is 0 Å². The van der Waals surface area contributed by atoms with Crippen molar-refractivity contribution in [3.8, 4) is 5.75 Å². The first-order chi connectivity index (χ1) is 11.2. The molecule has 4 heteroatoms. The second-order valence-corrected chi connectivity index (χ2v) is 6.36. The van der Waals surface area contributed by atoms with E-state index in [1.807, 2.05) is 12.4 Å². The Balaban J connectivity index is 1.72. The van der Waals surface area contributed by atoms with Crippen LogP contribution in [0.2, 0.25) is 0 Å². The maximum absolute atomic E-state index is 6.22. The van der Waals surface area contributed by atoms with Crippen LogP contribution in [0.1, 0.15) is 34.7 Å². The van der Waals surface area contributed by atoms with Gasteiger partial charge in [0.05, 0.1) is 24.5 Å². The normalized spacial score (nSPS) is 16.7.